The minimum Gasteiger partial charge on any atom is -0.355 e. The Balaban J connectivity index is 1.38. The van der Waals surface area contributed by atoms with Crippen molar-refractivity contribution in [3.05, 3.63) is 35.4 Å². The number of carbonyl (C=O) groups excluding carboxylic acids is 2. The zero-order chi connectivity index (χ0) is 19.9. The number of hydrogen-bond donors (Lipinski definition) is 3. The average molecular weight is 387 g/mol. The zero-order valence-electron chi connectivity index (χ0n) is 16.7. The predicted molar refractivity (Wildman–Crippen MR) is 109 cm³/mol. The van der Waals surface area contributed by atoms with Gasteiger partial charge in [0.05, 0.1) is 6.54 Å². The van der Waals surface area contributed by atoms with E-state index in [-0.39, 0.29) is 18.5 Å². The number of imide groups is 1. The molecular formula is C20H30N6O2. The van der Waals surface area contributed by atoms with Crippen molar-refractivity contribution in [3.8, 4) is 0 Å². The number of likely N-dealkylation sites (tertiary alicyclic amines) is 1. The molecule has 2 aliphatic heterocycles. The maximum absolute atomic E-state index is 11.6. The smallest absolute Gasteiger partial charge is 0.324 e. The second-order valence-corrected chi connectivity index (χ2v) is 7.32. The lowest BCUT2D eigenvalue weighted by Crippen LogP contribution is -2.50. The summed E-state index contributed by atoms with van der Waals surface area (Å²) in [6.07, 6.45) is 2.11. The molecule has 2 saturated heterocycles. The summed E-state index contributed by atoms with van der Waals surface area (Å²) in [5.74, 6) is 0.528. The number of urea groups is 1. The first-order valence-electron chi connectivity index (χ1n) is 9.89. The van der Waals surface area contributed by atoms with Crippen LogP contribution in [-0.4, -0.2) is 73.5 Å². The fourth-order valence-corrected chi connectivity index (χ4v) is 3.62. The van der Waals surface area contributed by atoms with E-state index in [1.165, 1.54) is 16.0 Å². The Hall–Kier alpha value is -2.61. The van der Waals surface area contributed by atoms with Gasteiger partial charge < -0.3 is 16.0 Å². The number of amides is 3. The lowest BCUT2D eigenvalue weighted by Gasteiger charge is -2.33. The lowest BCUT2D eigenvalue weighted by molar-refractivity contribution is -0.124. The van der Waals surface area contributed by atoms with E-state index in [0.717, 1.165) is 32.5 Å². The molecule has 0 bridgehead atoms. The Morgan fingerprint density at radius 3 is 2.64 bits per heavy atom. The quantitative estimate of drug-likeness (QED) is 0.380. The molecule has 1 aromatic carbocycles. The summed E-state index contributed by atoms with van der Waals surface area (Å²) in [6.45, 7) is 6.16. The molecule has 1 aromatic rings. The number of aryl methyl sites for hydroxylation is 1. The Morgan fingerprint density at radius 2 is 2.00 bits per heavy atom. The van der Waals surface area contributed by atoms with Crippen molar-refractivity contribution in [2.24, 2.45) is 4.99 Å². The van der Waals surface area contributed by atoms with Gasteiger partial charge in [0, 0.05) is 45.8 Å². The van der Waals surface area contributed by atoms with E-state index in [9.17, 15) is 9.59 Å². The van der Waals surface area contributed by atoms with Gasteiger partial charge in [-0.3, -0.25) is 19.6 Å². The van der Waals surface area contributed by atoms with Crippen molar-refractivity contribution in [2.45, 2.75) is 32.4 Å². The van der Waals surface area contributed by atoms with Gasteiger partial charge in [-0.1, -0.05) is 24.3 Å². The van der Waals surface area contributed by atoms with Gasteiger partial charge in [0.15, 0.2) is 5.96 Å². The van der Waals surface area contributed by atoms with Gasteiger partial charge in [0.25, 0.3) is 0 Å². The van der Waals surface area contributed by atoms with Crippen molar-refractivity contribution in [1.82, 2.24) is 25.8 Å². The number of guanidine groups is 1. The van der Waals surface area contributed by atoms with Crippen LogP contribution in [0.1, 0.15) is 24.0 Å². The van der Waals surface area contributed by atoms with Gasteiger partial charge in [-0.2, -0.15) is 0 Å². The number of piperidine rings is 1. The van der Waals surface area contributed by atoms with Crippen molar-refractivity contribution in [3.63, 3.8) is 0 Å². The molecule has 0 aromatic heterocycles. The van der Waals surface area contributed by atoms with E-state index in [1.807, 2.05) is 0 Å². The number of hydrogen-bond acceptors (Lipinski definition) is 4. The van der Waals surface area contributed by atoms with E-state index in [4.69, 9.17) is 0 Å². The maximum atomic E-state index is 11.6. The Kier molecular flexibility index (Phi) is 6.86. The molecule has 0 atom stereocenters. The van der Waals surface area contributed by atoms with Gasteiger partial charge in [0.2, 0.25) is 5.91 Å². The van der Waals surface area contributed by atoms with E-state index in [0.29, 0.717) is 25.1 Å². The molecule has 8 nitrogen and oxygen atoms in total. The summed E-state index contributed by atoms with van der Waals surface area (Å²) in [5, 5.41) is 9.17. The van der Waals surface area contributed by atoms with Crippen molar-refractivity contribution in [1.29, 1.82) is 0 Å². The molecular weight excluding hydrogens is 356 g/mol. The molecule has 3 rings (SSSR count). The first-order chi connectivity index (χ1) is 13.6. The molecule has 2 fully saturated rings. The minimum absolute atomic E-state index is 0.0902. The van der Waals surface area contributed by atoms with Gasteiger partial charge >= 0.3 is 6.03 Å². The molecule has 0 unspecified atom stereocenters. The monoisotopic (exact) mass is 386 g/mol. The fraction of sp³-hybridized carbons (Fsp3) is 0.550. The largest absolute Gasteiger partial charge is 0.355 e. The van der Waals surface area contributed by atoms with Crippen LogP contribution < -0.4 is 16.0 Å². The number of benzene rings is 1. The number of nitrogens with zero attached hydrogens (tertiary/aromatic N) is 3. The Bertz CT molecular complexity index is 711. The van der Waals surface area contributed by atoms with Gasteiger partial charge in [-0.15, -0.1) is 0 Å². The third-order valence-electron chi connectivity index (χ3n) is 5.37. The summed E-state index contributed by atoms with van der Waals surface area (Å²) >= 11 is 0. The Morgan fingerprint density at radius 1 is 1.25 bits per heavy atom. The highest BCUT2D eigenvalue weighted by Gasteiger charge is 2.27. The van der Waals surface area contributed by atoms with Crippen molar-refractivity contribution < 1.29 is 9.59 Å². The van der Waals surface area contributed by atoms with Gasteiger partial charge in [0.1, 0.15) is 0 Å². The lowest BCUT2D eigenvalue weighted by atomic mass is 10.0. The molecule has 2 aliphatic rings. The number of rotatable bonds is 6. The zero-order valence-corrected chi connectivity index (χ0v) is 16.7. The average Bonchev–Trinajstić information content (AvgIpc) is 3.02. The number of carbonyl (C=O) groups is 2. The Labute approximate surface area is 166 Å². The van der Waals surface area contributed by atoms with Crippen LogP contribution in [0.4, 0.5) is 4.79 Å². The van der Waals surface area contributed by atoms with E-state index >= 15 is 0 Å². The van der Waals surface area contributed by atoms with Crippen LogP contribution in [-0.2, 0) is 11.3 Å². The molecule has 8 heteroatoms. The summed E-state index contributed by atoms with van der Waals surface area (Å²) in [5.41, 5.74) is 2.74. The summed E-state index contributed by atoms with van der Waals surface area (Å²) < 4.78 is 0. The fourth-order valence-electron chi connectivity index (χ4n) is 3.62. The van der Waals surface area contributed by atoms with Crippen LogP contribution in [0.5, 0.6) is 0 Å². The summed E-state index contributed by atoms with van der Waals surface area (Å²) in [6, 6.07) is 8.60. The highest BCUT2D eigenvalue weighted by Crippen LogP contribution is 2.16. The van der Waals surface area contributed by atoms with Crippen molar-refractivity contribution >= 4 is 17.9 Å². The molecule has 3 N–H and O–H groups in total. The van der Waals surface area contributed by atoms with E-state index < -0.39 is 0 Å². The highest BCUT2D eigenvalue weighted by atomic mass is 16.2. The first kappa shape index (κ1) is 20.1. The summed E-state index contributed by atoms with van der Waals surface area (Å²) in [4.78, 5) is 31.1. The summed E-state index contributed by atoms with van der Waals surface area (Å²) in [7, 11) is 1.73. The normalized spacial score (nSPS) is 19.1. The van der Waals surface area contributed by atoms with Gasteiger partial charge in [-0.05, 0) is 30.9 Å². The number of nitrogens with one attached hydrogen (secondary N) is 3. The van der Waals surface area contributed by atoms with Crippen molar-refractivity contribution in [2.75, 3.05) is 39.8 Å². The minimum atomic E-state index is -0.323. The van der Waals surface area contributed by atoms with Crippen LogP contribution in [0.25, 0.3) is 0 Å². The predicted octanol–water partition coefficient (Wildman–Crippen LogP) is 0.676. The molecule has 152 valence electrons. The van der Waals surface area contributed by atoms with Crippen LogP contribution in [0, 0.1) is 6.92 Å². The van der Waals surface area contributed by atoms with Crippen LogP contribution in [0.2, 0.25) is 0 Å². The SMILES string of the molecule is CN=C(NCCN1C(=O)CNC1=O)NC1CCN(Cc2ccccc2C)CC1. The topological polar surface area (TPSA) is 89.1 Å². The standard InChI is InChI=1S/C20H30N6O2/c1-15-5-3-4-6-16(15)14-25-10-7-17(8-11-25)24-19(21-2)22-9-12-26-18(27)13-23-20(26)28/h3-6,17H,7-14H2,1-2H3,(H,23,28)(H2,21,22,24). The van der Waals surface area contributed by atoms with E-state index in [1.54, 1.807) is 7.05 Å². The maximum Gasteiger partial charge on any atom is 0.324 e. The first-order valence-corrected chi connectivity index (χ1v) is 9.89. The second kappa shape index (κ2) is 9.54. The molecule has 28 heavy (non-hydrogen) atoms. The molecule has 3 amide bonds. The third kappa shape index (κ3) is 5.22. The highest BCUT2D eigenvalue weighted by molar-refractivity contribution is 6.01. The van der Waals surface area contributed by atoms with E-state index in [2.05, 4.69) is 57.0 Å². The molecule has 0 radical (unpaired) electrons. The van der Waals surface area contributed by atoms with Gasteiger partial charge in [-0.25, -0.2) is 4.79 Å². The molecule has 2 heterocycles. The third-order valence-corrected chi connectivity index (χ3v) is 5.37. The molecule has 0 aliphatic carbocycles. The van der Waals surface area contributed by atoms with Crippen LogP contribution >= 0.6 is 0 Å². The second-order valence-electron chi connectivity index (χ2n) is 7.32. The molecule has 0 saturated carbocycles. The molecule has 0 spiro atoms. The number of aliphatic imine (C=N–C) groups is 1. The van der Waals surface area contributed by atoms with Crippen LogP contribution in [0.3, 0.4) is 0 Å². The van der Waals surface area contributed by atoms with Crippen LogP contribution in [0.15, 0.2) is 29.3 Å².